The zero-order valence-electron chi connectivity index (χ0n) is 24.0. The molecule has 1 aromatic heterocycles. The molecule has 0 saturated heterocycles. The standard InChI is InChI=1S/C34H24Cl2N10/c35-25-19-15-23(16-20-25)31(39-37-27-9-3-1-4-10-27)41-43-33-29-13-7-8-14-30(29)34(46-45-33)44-42-32(24-17-21-26(36)22-18-24)40-38-28-11-5-2-6-12-28/h1-22H,(H,43,45)(H,44,46)/b39-37?,40-38?,41-31+,42-32+. The number of nitrogens with zero attached hydrogens (tertiary/aromatic N) is 8. The molecule has 0 bridgehead atoms. The van der Waals surface area contributed by atoms with Crippen LogP contribution in [0.15, 0.2) is 164 Å². The highest BCUT2D eigenvalue weighted by atomic mass is 35.5. The fourth-order valence-electron chi connectivity index (χ4n) is 4.17. The van der Waals surface area contributed by atoms with E-state index in [1.807, 2.05) is 109 Å². The van der Waals surface area contributed by atoms with E-state index >= 15 is 0 Å². The normalized spacial score (nSPS) is 12.2. The van der Waals surface area contributed by atoms with Gasteiger partial charge in [0.1, 0.15) is 0 Å². The summed E-state index contributed by atoms with van der Waals surface area (Å²) in [4.78, 5) is 0. The molecule has 0 spiro atoms. The van der Waals surface area contributed by atoms with Crippen molar-refractivity contribution in [1.82, 2.24) is 10.2 Å². The Hall–Kier alpha value is -5.84. The number of hydrazone groups is 2. The summed E-state index contributed by atoms with van der Waals surface area (Å²) in [5.41, 5.74) is 8.83. The molecule has 0 fully saturated rings. The molecule has 12 heteroatoms. The first-order valence-electron chi connectivity index (χ1n) is 14.0. The largest absolute Gasteiger partial charge is 0.257 e. The minimum absolute atomic E-state index is 0.328. The van der Waals surface area contributed by atoms with Crippen molar-refractivity contribution >= 4 is 68.7 Å². The molecule has 5 aromatic carbocycles. The molecule has 224 valence electrons. The number of fused-ring (bicyclic) bond motifs is 1. The number of rotatable bonds is 8. The van der Waals surface area contributed by atoms with Crippen LogP contribution in [-0.2, 0) is 0 Å². The predicted molar refractivity (Wildman–Crippen MR) is 185 cm³/mol. The van der Waals surface area contributed by atoms with E-state index in [0.717, 1.165) is 10.8 Å². The van der Waals surface area contributed by atoms with Crippen LogP contribution in [0.4, 0.5) is 23.0 Å². The number of amidine groups is 2. The number of halogens is 2. The van der Waals surface area contributed by atoms with Crippen LogP contribution in [0.1, 0.15) is 11.1 Å². The molecular formula is C34H24Cl2N10. The van der Waals surface area contributed by atoms with E-state index in [4.69, 9.17) is 23.2 Å². The molecule has 0 aliphatic heterocycles. The van der Waals surface area contributed by atoms with Crippen molar-refractivity contribution < 1.29 is 0 Å². The predicted octanol–water partition coefficient (Wildman–Crippen LogP) is 10.1. The molecule has 6 aromatic rings. The van der Waals surface area contributed by atoms with Crippen LogP contribution in [-0.4, -0.2) is 21.9 Å². The van der Waals surface area contributed by atoms with Gasteiger partial charge in [-0.25, -0.2) is 0 Å². The monoisotopic (exact) mass is 642 g/mol. The highest BCUT2D eigenvalue weighted by Gasteiger charge is 2.11. The van der Waals surface area contributed by atoms with Gasteiger partial charge in [-0.3, -0.25) is 10.9 Å². The topological polar surface area (TPSA) is 124 Å². The highest BCUT2D eigenvalue weighted by Crippen LogP contribution is 2.27. The Balaban J connectivity index is 1.32. The number of nitrogens with one attached hydrogen (secondary N) is 2. The number of benzene rings is 5. The van der Waals surface area contributed by atoms with Crippen LogP contribution in [0.2, 0.25) is 10.0 Å². The number of anilines is 2. The molecule has 1 heterocycles. The van der Waals surface area contributed by atoms with E-state index in [1.54, 1.807) is 24.3 Å². The lowest BCUT2D eigenvalue weighted by Crippen LogP contribution is -2.06. The van der Waals surface area contributed by atoms with Gasteiger partial charge in [0.2, 0.25) is 11.7 Å². The van der Waals surface area contributed by atoms with Crippen LogP contribution < -0.4 is 10.9 Å². The van der Waals surface area contributed by atoms with Crippen LogP contribution in [0.5, 0.6) is 0 Å². The fraction of sp³-hybridized carbons (Fsp3) is 0. The average molecular weight is 644 g/mol. The highest BCUT2D eigenvalue weighted by molar-refractivity contribution is 6.31. The van der Waals surface area contributed by atoms with Crippen LogP contribution >= 0.6 is 23.2 Å². The van der Waals surface area contributed by atoms with Gasteiger partial charge in [0.15, 0.2) is 11.6 Å². The van der Waals surface area contributed by atoms with Gasteiger partial charge < -0.3 is 0 Å². The zero-order valence-corrected chi connectivity index (χ0v) is 25.5. The molecule has 0 saturated carbocycles. The molecule has 0 aliphatic carbocycles. The smallest absolute Gasteiger partial charge is 0.201 e. The third-order valence-corrected chi connectivity index (χ3v) is 6.96. The molecule has 0 amide bonds. The van der Waals surface area contributed by atoms with Gasteiger partial charge in [-0.15, -0.1) is 30.7 Å². The maximum atomic E-state index is 6.11. The number of hydrogen-bond acceptors (Lipinski definition) is 8. The molecule has 0 aliphatic rings. The Morgan fingerprint density at radius 3 is 1.22 bits per heavy atom. The van der Waals surface area contributed by atoms with E-state index in [2.05, 4.69) is 51.7 Å². The van der Waals surface area contributed by atoms with Gasteiger partial charge in [-0.1, -0.05) is 83.9 Å². The van der Waals surface area contributed by atoms with Crippen molar-refractivity contribution in [2.75, 3.05) is 10.9 Å². The molecule has 0 radical (unpaired) electrons. The second-order valence-corrected chi connectivity index (χ2v) is 10.5. The van der Waals surface area contributed by atoms with Gasteiger partial charge in [0.05, 0.1) is 11.4 Å². The number of hydrogen-bond donors (Lipinski definition) is 2. The minimum atomic E-state index is 0.328. The molecule has 46 heavy (non-hydrogen) atoms. The van der Waals surface area contributed by atoms with Crippen molar-refractivity contribution in [2.45, 2.75) is 0 Å². The second kappa shape index (κ2) is 14.8. The molecule has 6 rings (SSSR count). The van der Waals surface area contributed by atoms with E-state index in [1.165, 1.54) is 0 Å². The van der Waals surface area contributed by atoms with Gasteiger partial charge in [-0.2, -0.15) is 10.2 Å². The molecule has 2 N–H and O–H groups in total. The SMILES string of the molecule is Clc1ccc(/C(N=Nc2ccccc2)=N\Nc2nnc(N/N=C(/N=Nc3ccccc3)c3ccc(Cl)cc3)c3ccccc23)cc1. The van der Waals surface area contributed by atoms with E-state index < -0.39 is 0 Å². The second-order valence-electron chi connectivity index (χ2n) is 9.62. The first kappa shape index (κ1) is 30.2. The van der Waals surface area contributed by atoms with Gasteiger partial charge in [0, 0.05) is 31.9 Å². The number of aromatic nitrogens is 2. The van der Waals surface area contributed by atoms with E-state index in [0.29, 0.717) is 55.9 Å². The summed E-state index contributed by atoms with van der Waals surface area (Å²) in [5.74, 6) is 1.48. The maximum Gasteiger partial charge on any atom is 0.201 e. The Labute approximate surface area is 274 Å². The van der Waals surface area contributed by atoms with Crippen LogP contribution in [0.25, 0.3) is 10.8 Å². The Morgan fingerprint density at radius 2 is 0.826 bits per heavy atom. The van der Waals surface area contributed by atoms with Crippen LogP contribution in [0, 0.1) is 0 Å². The van der Waals surface area contributed by atoms with Crippen molar-refractivity contribution in [3.05, 3.63) is 155 Å². The summed E-state index contributed by atoms with van der Waals surface area (Å²) < 4.78 is 0. The molecule has 10 nitrogen and oxygen atoms in total. The summed E-state index contributed by atoms with van der Waals surface area (Å²) in [5, 5.41) is 38.0. The van der Waals surface area contributed by atoms with Gasteiger partial charge >= 0.3 is 0 Å². The van der Waals surface area contributed by atoms with Crippen molar-refractivity contribution in [1.29, 1.82) is 0 Å². The van der Waals surface area contributed by atoms with E-state index in [-0.39, 0.29) is 0 Å². The molecular weight excluding hydrogens is 619 g/mol. The summed E-state index contributed by atoms with van der Waals surface area (Å²) in [7, 11) is 0. The van der Waals surface area contributed by atoms with E-state index in [9.17, 15) is 0 Å². The van der Waals surface area contributed by atoms with Gasteiger partial charge in [0.25, 0.3) is 0 Å². The third kappa shape index (κ3) is 7.81. The average Bonchev–Trinajstić information content (AvgIpc) is 3.10. The molecule has 0 unspecified atom stereocenters. The minimum Gasteiger partial charge on any atom is -0.257 e. The lowest BCUT2D eigenvalue weighted by Gasteiger charge is -2.09. The quantitative estimate of drug-likeness (QED) is 0.0741. The first-order valence-corrected chi connectivity index (χ1v) is 14.8. The first-order chi connectivity index (χ1) is 22.6. The summed E-state index contributed by atoms with van der Waals surface area (Å²) >= 11 is 12.2. The lowest BCUT2D eigenvalue weighted by molar-refractivity contribution is 1.03. The lowest BCUT2D eigenvalue weighted by atomic mass is 10.2. The van der Waals surface area contributed by atoms with Gasteiger partial charge in [-0.05, 0) is 72.8 Å². The number of azo groups is 2. The maximum absolute atomic E-state index is 6.11. The van der Waals surface area contributed by atoms with Crippen LogP contribution in [0.3, 0.4) is 0 Å². The Morgan fingerprint density at radius 1 is 0.457 bits per heavy atom. The summed E-state index contributed by atoms with van der Waals surface area (Å²) in [6, 6.07) is 40.7. The summed E-state index contributed by atoms with van der Waals surface area (Å²) in [6.07, 6.45) is 0. The van der Waals surface area contributed by atoms with Crippen molar-refractivity contribution in [3.8, 4) is 0 Å². The zero-order chi connectivity index (χ0) is 31.6. The fourth-order valence-corrected chi connectivity index (χ4v) is 4.42. The van der Waals surface area contributed by atoms with Crippen molar-refractivity contribution in [2.24, 2.45) is 30.7 Å². The Bertz CT molecular complexity index is 1900. The summed E-state index contributed by atoms with van der Waals surface area (Å²) in [6.45, 7) is 0. The Kier molecular flexibility index (Phi) is 9.69. The van der Waals surface area contributed by atoms with Crippen molar-refractivity contribution in [3.63, 3.8) is 0 Å². The molecule has 0 atom stereocenters. The third-order valence-electron chi connectivity index (χ3n) is 6.46.